The van der Waals surface area contributed by atoms with E-state index in [9.17, 15) is 4.79 Å². The Morgan fingerprint density at radius 2 is 1.27 bits per heavy atom. The summed E-state index contributed by atoms with van der Waals surface area (Å²) in [5.74, 6) is -0.318. The molecule has 0 aromatic heterocycles. The molecule has 0 saturated heterocycles. The van der Waals surface area contributed by atoms with Crippen molar-refractivity contribution in [2.75, 3.05) is 6.61 Å². The number of thioether (sulfide) groups is 2. The van der Waals surface area contributed by atoms with Crippen molar-refractivity contribution in [3.05, 3.63) is 96.6 Å². The monoisotopic (exact) mass is 436 g/mol. The smallest absolute Gasteiger partial charge is 0.313 e. The quantitative estimate of drug-likeness (QED) is 0.177. The van der Waals surface area contributed by atoms with E-state index in [-0.39, 0.29) is 11.9 Å². The van der Waals surface area contributed by atoms with Crippen molar-refractivity contribution >= 4 is 29.5 Å². The average Bonchev–Trinajstić information content (AvgIpc) is 2.79. The van der Waals surface area contributed by atoms with Gasteiger partial charge in [0, 0.05) is 9.79 Å². The van der Waals surface area contributed by atoms with Gasteiger partial charge in [0.1, 0.15) is 0 Å². The third kappa shape index (κ3) is 7.26. The van der Waals surface area contributed by atoms with Crippen LogP contribution in [0.3, 0.4) is 0 Å². The zero-order chi connectivity index (χ0) is 21.0. The fourth-order valence-electron chi connectivity index (χ4n) is 3.28. The molecule has 0 fully saturated rings. The highest BCUT2D eigenvalue weighted by molar-refractivity contribution is 8.17. The van der Waals surface area contributed by atoms with Gasteiger partial charge >= 0.3 is 5.97 Å². The molecule has 0 aliphatic rings. The van der Waals surface area contributed by atoms with Gasteiger partial charge in [-0.2, -0.15) is 0 Å². The Bertz CT molecular complexity index is 828. The van der Waals surface area contributed by atoms with E-state index >= 15 is 0 Å². The number of benzene rings is 3. The lowest BCUT2D eigenvalue weighted by Gasteiger charge is -2.19. The molecule has 30 heavy (non-hydrogen) atoms. The summed E-state index contributed by atoms with van der Waals surface area (Å²) in [5.41, 5.74) is 1.04. The van der Waals surface area contributed by atoms with Crippen LogP contribution in [0.25, 0.3) is 0 Å². The molecule has 1 atom stereocenters. The highest BCUT2D eigenvalue weighted by atomic mass is 32.2. The van der Waals surface area contributed by atoms with Crippen LogP contribution >= 0.6 is 23.5 Å². The first kappa shape index (κ1) is 22.5. The predicted octanol–water partition coefficient (Wildman–Crippen LogP) is 7.41. The standard InChI is InChI=1S/C26H28O2S2/c1-2-28-26(27)24(21-13-6-3-7-14-21)19-12-20-25(29-22-15-8-4-9-16-22)30-23-17-10-5-11-18-23/h3-11,13-18,24-25H,2,12,19-20H2,1H3. The summed E-state index contributed by atoms with van der Waals surface area (Å²) < 4.78 is 5.74. The molecule has 2 nitrogen and oxygen atoms in total. The lowest BCUT2D eigenvalue weighted by molar-refractivity contribution is -0.145. The zero-order valence-corrected chi connectivity index (χ0v) is 18.9. The number of rotatable bonds is 11. The van der Waals surface area contributed by atoms with Crippen LogP contribution in [-0.2, 0) is 9.53 Å². The van der Waals surface area contributed by atoms with E-state index < -0.39 is 0 Å². The fourth-order valence-corrected chi connectivity index (χ4v) is 5.94. The van der Waals surface area contributed by atoms with Gasteiger partial charge in [-0.3, -0.25) is 4.79 Å². The molecule has 0 saturated carbocycles. The number of hydrogen-bond acceptors (Lipinski definition) is 4. The minimum atomic E-state index is -0.199. The number of carbonyl (C=O) groups is 1. The molecule has 0 aliphatic carbocycles. The SMILES string of the molecule is CCOC(=O)C(CCCC(Sc1ccccc1)Sc1ccccc1)c1ccccc1. The number of ether oxygens (including phenoxy) is 1. The van der Waals surface area contributed by atoms with Crippen molar-refractivity contribution < 1.29 is 9.53 Å². The van der Waals surface area contributed by atoms with E-state index in [4.69, 9.17) is 4.74 Å². The normalized spacial score (nSPS) is 11.9. The summed E-state index contributed by atoms with van der Waals surface area (Å²) in [6.45, 7) is 2.28. The molecule has 3 rings (SSSR count). The van der Waals surface area contributed by atoms with Gasteiger partial charge in [-0.15, -0.1) is 23.5 Å². The van der Waals surface area contributed by atoms with E-state index in [1.165, 1.54) is 9.79 Å². The first-order valence-electron chi connectivity index (χ1n) is 10.4. The van der Waals surface area contributed by atoms with Gasteiger partial charge in [0.2, 0.25) is 0 Å². The van der Waals surface area contributed by atoms with Crippen molar-refractivity contribution in [1.29, 1.82) is 0 Å². The maximum atomic E-state index is 12.6. The third-order valence-corrected chi connectivity index (χ3v) is 7.39. The molecule has 0 N–H and O–H groups in total. The van der Waals surface area contributed by atoms with E-state index in [2.05, 4.69) is 48.5 Å². The molecule has 0 heterocycles. The molecular formula is C26H28O2S2. The lowest BCUT2D eigenvalue weighted by atomic mass is 9.94. The average molecular weight is 437 g/mol. The maximum Gasteiger partial charge on any atom is 0.313 e. The summed E-state index contributed by atoms with van der Waals surface area (Å²) in [4.78, 5) is 15.1. The molecule has 0 amide bonds. The van der Waals surface area contributed by atoms with Crippen molar-refractivity contribution in [3.8, 4) is 0 Å². The maximum absolute atomic E-state index is 12.6. The minimum Gasteiger partial charge on any atom is -0.466 e. The van der Waals surface area contributed by atoms with Gasteiger partial charge in [0.25, 0.3) is 0 Å². The van der Waals surface area contributed by atoms with Crippen LogP contribution in [0.5, 0.6) is 0 Å². The van der Waals surface area contributed by atoms with Crippen LogP contribution in [0, 0.1) is 0 Å². The third-order valence-electron chi connectivity index (χ3n) is 4.73. The summed E-state index contributed by atoms with van der Waals surface area (Å²) in [7, 11) is 0. The second-order valence-electron chi connectivity index (χ2n) is 6.94. The van der Waals surface area contributed by atoms with Crippen LogP contribution in [-0.4, -0.2) is 17.2 Å². The number of esters is 1. The summed E-state index contributed by atoms with van der Waals surface area (Å²) in [6.07, 6.45) is 2.77. The van der Waals surface area contributed by atoms with E-state index in [1.54, 1.807) is 0 Å². The first-order chi connectivity index (χ1) is 14.8. The van der Waals surface area contributed by atoms with Crippen LogP contribution in [0.1, 0.15) is 37.7 Å². The largest absolute Gasteiger partial charge is 0.466 e. The van der Waals surface area contributed by atoms with E-state index in [0.29, 0.717) is 11.2 Å². The van der Waals surface area contributed by atoms with Crippen LogP contribution < -0.4 is 0 Å². The van der Waals surface area contributed by atoms with Gasteiger partial charge in [-0.05, 0) is 49.6 Å². The van der Waals surface area contributed by atoms with Gasteiger partial charge in [-0.1, -0.05) is 73.2 Å². The summed E-state index contributed by atoms with van der Waals surface area (Å²) in [6, 6.07) is 31.1. The Kier molecular flexibility index (Phi) is 9.39. The molecule has 0 spiro atoms. The predicted molar refractivity (Wildman–Crippen MR) is 128 cm³/mol. The van der Waals surface area contributed by atoms with Gasteiger partial charge in [0.05, 0.1) is 17.1 Å². The van der Waals surface area contributed by atoms with Crippen LogP contribution in [0.15, 0.2) is 101 Å². The Balaban J connectivity index is 1.66. The van der Waals surface area contributed by atoms with Crippen LogP contribution in [0.4, 0.5) is 0 Å². The second kappa shape index (κ2) is 12.5. The Morgan fingerprint density at radius 1 is 0.767 bits per heavy atom. The molecular weight excluding hydrogens is 408 g/mol. The Labute approximate surface area is 188 Å². The first-order valence-corrected chi connectivity index (χ1v) is 12.2. The van der Waals surface area contributed by atoms with Crippen LogP contribution in [0.2, 0.25) is 0 Å². The summed E-state index contributed by atoms with van der Waals surface area (Å²) in [5, 5.41) is 0. The van der Waals surface area contributed by atoms with Gasteiger partial charge in [0.15, 0.2) is 0 Å². The molecule has 156 valence electrons. The topological polar surface area (TPSA) is 26.3 Å². The van der Waals surface area contributed by atoms with Crippen molar-refractivity contribution in [3.63, 3.8) is 0 Å². The van der Waals surface area contributed by atoms with Gasteiger partial charge < -0.3 is 4.74 Å². The molecule has 3 aromatic rings. The molecule has 0 bridgehead atoms. The fraction of sp³-hybridized carbons (Fsp3) is 0.269. The summed E-state index contributed by atoms with van der Waals surface area (Å²) >= 11 is 3.79. The van der Waals surface area contributed by atoms with E-state index in [0.717, 1.165) is 24.8 Å². The molecule has 4 heteroatoms. The molecule has 1 unspecified atom stereocenters. The lowest BCUT2D eigenvalue weighted by Crippen LogP contribution is -2.16. The molecule has 0 radical (unpaired) electrons. The minimum absolute atomic E-state index is 0.119. The van der Waals surface area contributed by atoms with Crippen molar-refractivity contribution in [2.24, 2.45) is 0 Å². The molecule has 3 aromatic carbocycles. The number of carbonyl (C=O) groups excluding carboxylic acids is 1. The zero-order valence-electron chi connectivity index (χ0n) is 17.3. The second-order valence-corrected chi connectivity index (χ2v) is 9.79. The Morgan fingerprint density at radius 3 is 1.77 bits per heavy atom. The Hall–Kier alpha value is -2.17. The van der Waals surface area contributed by atoms with Gasteiger partial charge in [-0.25, -0.2) is 0 Å². The molecule has 0 aliphatic heterocycles. The highest BCUT2D eigenvalue weighted by Crippen LogP contribution is 2.39. The van der Waals surface area contributed by atoms with Crippen molar-refractivity contribution in [1.82, 2.24) is 0 Å². The van der Waals surface area contributed by atoms with Crippen molar-refractivity contribution in [2.45, 2.75) is 46.5 Å². The highest BCUT2D eigenvalue weighted by Gasteiger charge is 2.22. The number of hydrogen-bond donors (Lipinski definition) is 0. The van der Waals surface area contributed by atoms with E-state index in [1.807, 2.05) is 72.9 Å².